The lowest BCUT2D eigenvalue weighted by Gasteiger charge is -2.43. The molecule has 9 rings (SSSR count). The van der Waals surface area contributed by atoms with Gasteiger partial charge in [0.05, 0.1) is 40.9 Å². The molecule has 2 aromatic carbocycles. The molecule has 5 N–H and O–H groups in total. The summed E-state index contributed by atoms with van der Waals surface area (Å²) in [7, 11) is 3.65. The molecule has 0 saturated carbocycles. The lowest BCUT2D eigenvalue weighted by atomic mass is 9.78. The van der Waals surface area contributed by atoms with Crippen LogP contribution < -0.4 is 20.8 Å². The number of nitrogens with zero attached hydrogens (tertiary/aromatic N) is 6. The molecule has 5 bridgehead atoms. The fourth-order valence-electron chi connectivity index (χ4n) is 11.8. The van der Waals surface area contributed by atoms with Crippen LogP contribution in [0.5, 0.6) is 17.2 Å². The number of phenolic OH excluding ortho intramolecular Hbond substituents is 2. The van der Waals surface area contributed by atoms with Crippen LogP contribution in [0.25, 0.3) is 10.8 Å². The van der Waals surface area contributed by atoms with Gasteiger partial charge in [0.2, 0.25) is 0 Å². The lowest BCUT2D eigenvalue weighted by Crippen LogP contribution is -2.55. The largest absolute Gasteiger partial charge is 0.507 e. The molecule has 7 aliphatic rings. The number of hydrogen-bond donors (Lipinski definition) is 5. The normalized spacial score (nSPS) is 32.6. The van der Waals surface area contributed by atoms with E-state index in [0.717, 1.165) is 45.6 Å². The van der Waals surface area contributed by atoms with Gasteiger partial charge in [-0.2, -0.15) is 0 Å². The van der Waals surface area contributed by atoms with E-state index in [2.05, 4.69) is 40.9 Å². The number of carbonyl (C=O) groups is 3. The number of likely N-dealkylation sites (tertiary alicyclic amines) is 2. The number of nitrogens with one attached hydrogen (secondary N) is 1. The van der Waals surface area contributed by atoms with Crippen LogP contribution in [-0.4, -0.2) is 173 Å². The number of piperazine rings is 1. The predicted octanol–water partition coefficient (Wildman–Crippen LogP) is 5.03. The molecule has 18 heteroatoms. The van der Waals surface area contributed by atoms with Crippen molar-refractivity contribution in [2.45, 2.75) is 130 Å². The Kier molecular flexibility index (Phi) is 16.0. The van der Waals surface area contributed by atoms with E-state index in [-0.39, 0.29) is 55.4 Å². The van der Waals surface area contributed by atoms with E-state index in [1.54, 1.807) is 56.9 Å². The molecular formula is C55H79N7O11. The second-order valence-electron chi connectivity index (χ2n) is 22.3. The number of piperidine rings is 2. The van der Waals surface area contributed by atoms with Crippen LogP contribution in [0.15, 0.2) is 46.1 Å². The molecule has 7 heterocycles. The molecule has 1 unspecified atom stereocenters. The van der Waals surface area contributed by atoms with Crippen molar-refractivity contribution in [1.29, 1.82) is 0 Å². The smallest absolute Gasteiger partial charge is 0.410 e. The summed E-state index contributed by atoms with van der Waals surface area (Å²) in [4.78, 5) is 62.5. The number of allylic oxidation sites excluding steroid dienone is 2. The third kappa shape index (κ3) is 10.6. The van der Waals surface area contributed by atoms with Crippen LogP contribution in [0.2, 0.25) is 0 Å². The van der Waals surface area contributed by atoms with E-state index in [9.17, 15) is 34.8 Å². The Morgan fingerprint density at radius 2 is 1.53 bits per heavy atom. The first-order chi connectivity index (χ1) is 34.6. The Morgan fingerprint density at radius 1 is 0.877 bits per heavy atom. The van der Waals surface area contributed by atoms with E-state index < -0.39 is 83.1 Å². The maximum atomic E-state index is 15.0. The van der Waals surface area contributed by atoms with Crippen molar-refractivity contribution in [2.75, 3.05) is 78.4 Å². The number of aliphatic hydroxyl groups is 2. The zero-order valence-corrected chi connectivity index (χ0v) is 44.7. The number of ether oxygens (including phenoxy) is 4. The lowest BCUT2D eigenvalue weighted by molar-refractivity contribution is -0.112. The fraction of sp³-hybridized carbons (Fsp3) is 0.655. The zero-order valence-electron chi connectivity index (χ0n) is 44.7. The van der Waals surface area contributed by atoms with Crippen LogP contribution in [0.4, 0.5) is 10.5 Å². The molecule has 2 aromatic rings. The molecule has 0 aromatic heterocycles. The number of amides is 2. The van der Waals surface area contributed by atoms with E-state index in [1.807, 2.05) is 13.8 Å². The minimum absolute atomic E-state index is 0.0404. The Bertz CT molecular complexity index is 2650. The van der Waals surface area contributed by atoms with Crippen LogP contribution in [0, 0.1) is 36.5 Å². The van der Waals surface area contributed by atoms with Crippen LogP contribution in [-0.2, 0) is 19.0 Å². The summed E-state index contributed by atoms with van der Waals surface area (Å²) in [6, 6.07) is 0.472. The molecule has 3 saturated heterocycles. The van der Waals surface area contributed by atoms with Gasteiger partial charge in [0, 0.05) is 119 Å². The van der Waals surface area contributed by atoms with Crippen molar-refractivity contribution < 1.29 is 53.8 Å². The summed E-state index contributed by atoms with van der Waals surface area (Å²) >= 11 is 0. The van der Waals surface area contributed by atoms with E-state index in [4.69, 9.17) is 28.9 Å². The summed E-state index contributed by atoms with van der Waals surface area (Å²) in [6.45, 7) is 23.0. The number of aromatic hydroxyl groups is 2. The molecule has 400 valence electrons. The monoisotopic (exact) mass is 1010 g/mol. The quantitative estimate of drug-likeness (QED) is 0.248. The highest BCUT2D eigenvalue weighted by Gasteiger charge is 2.50. The SMILES string of the molecule is CO[C@H]1/C=C/O[C@@]2(C)Oc3c(C)c(O)c4c(O)c(c5c(c4c3C2=O)=NC2(CCN(CC(C)C)CC2)N=5)NC(=O)/C(C)=C\C=C\C(C)[C@H](O)[C@@H](C)[C@@H](O)[C@@H](C)[C@H](OC(=O)N2CCN(C3CCN(C)CC3)CC2)[C@@H]1C. The highest BCUT2D eigenvalue weighted by molar-refractivity contribution is 6.19. The number of fused-ring (bicyclic) bond motifs is 13. The van der Waals surface area contributed by atoms with Crippen molar-refractivity contribution in [3.05, 3.63) is 58.0 Å². The van der Waals surface area contributed by atoms with Gasteiger partial charge in [-0.05, 0) is 58.8 Å². The summed E-state index contributed by atoms with van der Waals surface area (Å²) in [6.07, 6.45) is 6.71. The topological polar surface area (TPSA) is 219 Å². The van der Waals surface area contributed by atoms with Gasteiger partial charge in [-0.3, -0.25) is 24.5 Å². The van der Waals surface area contributed by atoms with Gasteiger partial charge < -0.3 is 59.4 Å². The molecule has 1 spiro atoms. The van der Waals surface area contributed by atoms with Crippen molar-refractivity contribution >= 4 is 34.2 Å². The highest BCUT2D eigenvalue weighted by atomic mass is 16.7. The molecule has 18 nitrogen and oxygen atoms in total. The maximum absolute atomic E-state index is 15.0. The van der Waals surface area contributed by atoms with Crippen molar-refractivity contribution in [2.24, 2.45) is 39.6 Å². The minimum Gasteiger partial charge on any atom is -0.507 e. The number of rotatable bonds is 5. The first-order valence-electron chi connectivity index (χ1n) is 26.4. The molecule has 2 amide bonds. The van der Waals surface area contributed by atoms with Gasteiger partial charge in [-0.25, -0.2) is 4.79 Å². The standard InChI is InChI=1S/C55H79N7O11/c1-30(2)29-60-22-18-55(19-23-60)57-42-39-40-47(65)36(8)50-41(39)51(67)54(9,73-50)71-28-17-38(70-11)33(5)49(72-53(69)62-26-24-61(25-27-62)37-15-20-59(10)21-16-37)35(7)46(64)34(6)45(63)31(3)13-12-14-32(4)52(68)56-44(48(40)66)43(42)58-55/h12-14,17,28,30-31,33-35,37-38,45-46,49,63-66H,15-16,18-27,29H2,1-11H3,(H,56,68)/b13-12+,28-17+,32-14-/t31?,33-,34-,35-,38+,45+,46-,49-,54+/m1/s1. The summed E-state index contributed by atoms with van der Waals surface area (Å²) in [5.41, 5.74) is -0.569. The van der Waals surface area contributed by atoms with Gasteiger partial charge >= 0.3 is 11.9 Å². The second kappa shape index (κ2) is 21.6. The third-order valence-electron chi connectivity index (χ3n) is 16.6. The average Bonchev–Trinajstić information content (AvgIpc) is 3.87. The van der Waals surface area contributed by atoms with Crippen molar-refractivity contribution in [3.8, 4) is 17.2 Å². The molecule has 7 aliphatic heterocycles. The molecular weight excluding hydrogens is 935 g/mol. The third-order valence-corrected chi connectivity index (χ3v) is 16.6. The number of aliphatic hydroxyl groups excluding tert-OH is 2. The van der Waals surface area contributed by atoms with Crippen LogP contribution in [0.1, 0.15) is 97.0 Å². The number of hydrogen-bond acceptors (Lipinski definition) is 16. The maximum Gasteiger partial charge on any atom is 0.410 e. The number of anilines is 1. The van der Waals surface area contributed by atoms with E-state index >= 15 is 0 Å². The Balaban J connectivity index is 1.17. The zero-order chi connectivity index (χ0) is 52.8. The van der Waals surface area contributed by atoms with E-state index in [1.165, 1.54) is 20.3 Å². The number of ketones is 1. The number of methoxy groups -OCH3 is 1. The number of Topliss-reactive ketones (excluding diaryl/α,β-unsaturated/α-hetero) is 1. The summed E-state index contributed by atoms with van der Waals surface area (Å²) in [5.74, 6) is -6.01. The predicted molar refractivity (Wildman–Crippen MR) is 276 cm³/mol. The Morgan fingerprint density at radius 3 is 2.18 bits per heavy atom. The van der Waals surface area contributed by atoms with Crippen molar-refractivity contribution in [1.82, 2.24) is 19.6 Å². The first-order valence-corrected chi connectivity index (χ1v) is 26.4. The molecule has 9 atom stereocenters. The first kappa shape index (κ1) is 54.2. The average molecular weight is 1010 g/mol. The second-order valence-corrected chi connectivity index (χ2v) is 22.3. The molecule has 73 heavy (non-hydrogen) atoms. The number of phenols is 2. The van der Waals surface area contributed by atoms with Gasteiger partial charge in [0.1, 0.15) is 28.6 Å². The van der Waals surface area contributed by atoms with Gasteiger partial charge in [0.25, 0.3) is 11.7 Å². The summed E-state index contributed by atoms with van der Waals surface area (Å²) < 4.78 is 25.1. The van der Waals surface area contributed by atoms with Gasteiger partial charge in [-0.15, -0.1) is 0 Å². The van der Waals surface area contributed by atoms with Gasteiger partial charge in [0.15, 0.2) is 11.4 Å². The van der Waals surface area contributed by atoms with E-state index in [0.29, 0.717) is 51.0 Å². The number of carbonyl (C=O) groups excluding carboxylic acids is 3. The molecule has 0 radical (unpaired) electrons. The number of benzene rings is 2. The molecule has 3 fully saturated rings. The molecule has 0 aliphatic carbocycles. The minimum atomic E-state index is -1.98. The van der Waals surface area contributed by atoms with Crippen molar-refractivity contribution in [3.63, 3.8) is 0 Å². The van der Waals surface area contributed by atoms with Crippen LogP contribution in [0.3, 0.4) is 0 Å². The summed E-state index contributed by atoms with van der Waals surface area (Å²) in [5, 5.41) is 51.3. The Hall–Kier alpha value is -5.11. The van der Waals surface area contributed by atoms with Gasteiger partial charge in [-0.1, -0.05) is 59.8 Å². The van der Waals surface area contributed by atoms with Crippen LogP contribution >= 0.6 is 0 Å². The Labute approximate surface area is 429 Å². The highest BCUT2D eigenvalue weighted by Crippen LogP contribution is 2.50. The fourth-order valence-corrected chi connectivity index (χ4v) is 11.8.